The molecule has 0 heterocycles. The number of non-ortho nitro benzene ring substituents is 1. The molecule has 0 saturated carbocycles. The van der Waals surface area contributed by atoms with Gasteiger partial charge in [0.2, 0.25) is 0 Å². The van der Waals surface area contributed by atoms with Gasteiger partial charge >= 0.3 is 10.1 Å². The number of amides is 1. The molecule has 0 unspecified atom stereocenters. The maximum absolute atomic E-state index is 12.6. The van der Waals surface area contributed by atoms with Crippen LogP contribution in [-0.2, 0) is 10.1 Å². The van der Waals surface area contributed by atoms with E-state index >= 15 is 0 Å². The van der Waals surface area contributed by atoms with E-state index in [1.807, 2.05) is 30.3 Å². The van der Waals surface area contributed by atoms with Crippen LogP contribution in [0.5, 0.6) is 11.5 Å². The fourth-order valence-electron chi connectivity index (χ4n) is 2.91. The SMILES string of the molecule is CN(CCCOc1ccccc1)C(=O)c1ccc(OS(=O)(=O)c2cccc([N+](=O)[O-])c2)cc1. The van der Waals surface area contributed by atoms with Crippen molar-refractivity contribution in [1.29, 1.82) is 0 Å². The van der Waals surface area contributed by atoms with Gasteiger partial charge in [-0.25, -0.2) is 0 Å². The summed E-state index contributed by atoms with van der Waals surface area (Å²) in [7, 11) is -2.60. The molecule has 9 nitrogen and oxygen atoms in total. The molecule has 3 aromatic carbocycles. The zero-order chi connectivity index (χ0) is 23.8. The third-order valence-corrected chi connectivity index (χ3v) is 5.86. The molecule has 0 aliphatic rings. The zero-order valence-electron chi connectivity index (χ0n) is 17.8. The van der Waals surface area contributed by atoms with Gasteiger partial charge in [-0.05, 0) is 48.9 Å². The Morgan fingerprint density at radius 3 is 2.33 bits per heavy atom. The number of para-hydroxylation sites is 1. The number of hydrogen-bond donors (Lipinski definition) is 0. The molecular weight excluding hydrogens is 448 g/mol. The Hall–Kier alpha value is -3.92. The lowest BCUT2D eigenvalue weighted by atomic mass is 10.2. The van der Waals surface area contributed by atoms with Crippen LogP contribution in [0.1, 0.15) is 16.8 Å². The maximum atomic E-state index is 12.6. The van der Waals surface area contributed by atoms with Gasteiger partial charge in [-0.1, -0.05) is 24.3 Å². The van der Waals surface area contributed by atoms with E-state index in [-0.39, 0.29) is 22.2 Å². The molecule has 0 aliphatic carbocycles. The van der Waals surface area contributed by atoms with Crippen LogP contribution in [0, 0.1) is 10.1 Å². The molecule has 172 valence electrons. The number of rotatable bonds is 10. The van der Waals surface area contributed by atoms with Gasteiger partial charge < -0.3 is 13.8 Å². The molecule has 3 aromatic rings. The first-order chi connectivity index (χ1) is 15.8. The summed E-state index contributed by atoms with van der Waals surface area (Å²) in [4.78, 5) is 24.0. The average Bonchev–Trinajstić information content (AvgIpc) is 2.82. The largest absolute Gasteiger partial charge is 0.494 e. The van der Waals surface area contributed by atoms with Crippen LogP contribution in [0.4, 0.5) is 5.69 Å². The standard InChI is InChI=1S/C23H22N2O7S/c1-24(15-6-16-31-20-8-3-2-4-9-20)23(26)18-11-13-21(14-12-18)32-33(29,30)22-10-5-7-19(17-22)25(27)28/h2-5,7-14,17H,6,15-16H2,1H3. The first-order valence-electron chi connectivity index (χ1n) is 9.98. The van der Waals surface area contributed by atoms with Crippen LogP contribution in [0.3, 0.4) is 0 Å². The van der Waals surface area contributed by atoms with Crippen LogP contribution in [0.15, 0.2) is 83.8 Å². The number of benzene rings is 3. The Morgan fingerprint density at radius 1 is 0.970 bits per heavy atom. The molecule has 0 saturated heterocycles. The molecule has 33 heavy (non-hydrogen) atoms. The average molecular weight is 471 g/mol. The Kier molecular flexibility index (Phi) is 7.62. The molecule has 0 spiro atoms. The molecule has 3 rings (SSSR count). The smallest absolute Gasteiger partial charge is 0.339 e. The van der Waals surface area contributed by atoms with Crippen molar-refractivity contribution < 1.29 is 27.1 Å². The van der Waals surface area contributed by atoms with Gasteiger partial charge in [-0.2, -0.15) is 8.42 Å². The highest BCUT2D eigenvalue weighted by atomic mass is 32.2. The van der Waals surface area contributed by atoms with E-state index in [1.165, 1.54) is 42.5 Å². The van der Waals surface area contributed by atoms with Gasteiger partial charge in [0.1, 0.15) is 16.4 Å². The predicted molar refractivity (Wildman–Crippen MR) is 121 cm³/mol. The summed E-state index contributed by atoms with van der Waals surface area (Å²) in [5.74, 6) is 0.516. The van der Waals surface area contributed by atoms with Gasteiger partial charge in [0.05, 0.1) is 11.5 Å². The Morgan fingerprint density at radius 2 is 1.67 bits per heavy atom. The van der Waals surface area contributed by atoms with E-state index in [0.29, 0.717) is 25.1 Å². The number of hydrogen-bond acceptors (Lipinski definition) is 7. The van der Waals surface area contributed by atoms with E-state index in [2.05, 4.69) is 0 Å². The molecule has 0 fully saturated rings. The van der Waals surface area contributed by atoms with Gasteiger partial charge in [0.25, 0.3) is 11.6 Å². The molecular formula is C23H22N2O7S. The highest BCUT2D eigenvalue weighted by Crippen LogP contribution is 2.22. The quantitative estimate of drug-likeness (QED) is 0.191. The molecule has 0 N–H and O–H groups in total. The normalized spacial score (nSPS) is 10.9. The predicted octanol–water partition coefficient (Wildman–Crippen LogP) is 3.90. The summed E-state index contributed by atoms with van der Waals surface area (Å²) >= 11 is 0. The molecule has 0 atom stereocenters. The second-order valence-corrected chi connectivity index (χ2v) is 8.60. The highest BCUT2D eigenvalue weighted by Gasteiger charge is 2.20. The summed E-state index contributed by atoms with van der Waals surface area (Å²) in [6, 6.07) is 19.6. The lowest BCUT2D eigenvalue weighted by molar-refractivity contribution is -0.385. The van der Waals surface area contributed by atoms with Crippen LogP contribution < -0.4 is 8.92 Å². The van der Waals surface area contributed by atoms with E-state index < -0.39 is 15.0 Å². The molecule has 1 amide bonds. The molecule has 10 heteroatoms. The second kappa shape index (κ2) is 10.6. The second-order valence-electron chi connectivity index (χ2n) is 7.06. The summed E-state index contributed by atoms with van der Waals surface area (Å²) in [6.45, 7) is 0.939. The Balaban J connectivity index is 1.56. The minimum absolute atomic E-state index is 0.0167. The van der Waals surface area contributed by atoms with Crippen molar-refractivity contribution in [2.24, 2.45) is 0 Å². The van der Waals surface area contributed by atoms with Crippen LogP contribution >= 0.6 is 0 Å². The molecule has 0 aromatic heterocycles. The minimum atomic E-state index is -4.27. The van der Waals surface area contributed by atoms with Crippen molar-refractivity contribution in [1.82, 2.24) is 4.90 Å². The van der Waals surface area contributed by atoms with E-state index in [1.54, 1.807) is 11.9 Å². The summed E-state index contributed by atoms with van der Waals surface area (Å²) in [5.41, 5.74) is -0.000556. The third kappa shape index (κ3) is 6.53. The number of nitro benzene ring substituents is 1. The summed E-state index contributed by atoms with van der Waals surface area (Å²) in [6.07, 6.45) is 0.639. The molecule has 0 radical (unpaired) electrons. The van der Waals surface area contributed by atoms with E-state index in [4.69, 9.17) is 8.92 Å². The first kappa shape index (κ1) is 23.7. The number of carbonyl (C=O) groups is 1. The monoisotopic (exact) mass is 470 g/mol. The van der Waals surface area contributed by atoms with Gasteiger partial charge in [0, 0.05) is 31.3 Å². The topological polar surface area (TPSA) is 116 Å². The summed E-state index contributed by atoms with van der Waals surface area (Å²) < 4.78 is 35.5. The number of nitrogens with zero attached hydrogens (tertiary/aromatic N) is 2. The van der Waals surface area contributed by atoms with Gasteiger partial charge in [-0.15, -0.1) is 0 Å². The van der Waals surface area contributed by atoms with Crippen molar-refractivity contribution in [3.05, 3.63) is 94.5 Å². The minimum Gasteiger partial charge on any atom is -0.494 e. The third-order valence-electron chi connectivity index (χ3n) is 4.62. The Bertz CT molecular complexity index is 1210. The molecule has 0 aliphatic heterocycles. The fourth-order valence-corrected chi connectivity index (χ4v) is 3.88. The first-order valence-corrected chi connectivity index (χ1v) is 11.4. The van der Waals surface area contributed by atoms with Crippen molar-refractivity contribution in [2.75, 3.05) is 20.2 Å². The Labute approximate surface area is 191 Å². The van der Waals surface area contributed by atoms with Crippen molar-refractivity contribution in [3.63, 3.8) is 0 Å². The van der Waals surface area contributed by atoms with Crippen LogP contribution in [-0.4, -0.2) is 44.3 Å². The maximum Gasteiger partial charge on any atom is 0.339 e. The van der Waals surface area contributed by atoms with Crippen molar-refractivity contribution in [2.45, 2.75) is 11.3 Å². The van der Waals surface area contributed by atoms with Crippen molar-refractivity contribution >= 4 is 21.7 Å². The van der Waals surface area contributed by atoms with Crippen molar-refractivity contribution in [3.8, 4) is 11.5 Å². The van der Waals surface area contributed by atoms with Gasteiger partial charge in [-0.3, -0.25) is 14.9 Å². The lowest BCUT2D eigenvalue weighted by Crippen LogP contribution is -2.28. The van der Waals surface area contributed by atoms with Gasteiger partial charge in [0.15, 0.2) is 0 Å². The lowest BCUT2D eigenvalue weighted by Gasteiger charge is -2.17. The van der Waals surface area contributed by atoms with E-state index in [9.17, 15) is 23.3 Å². The highest BCUT2D eigenvalue weighted by molar-refractivity contribution is 7.87. The number of nitro groups is 1. The zero-order valence-corrected chi connectivity index (χ0v) is 18.6. The van der Waals surface area contributed by atoms with Crippen LogP contribution in [0.25, 0.3) is 0 Å². The molecule has 0 bridgehead atoms. The van der Waals surface area contributed by atoms with E-state index in [0.717, 1.165) is 11.8 Å². The fraction of sp³-hybridized carbons (Fsp3) is 0.174. The van der Waals surface area contributed by atoms with Crippen LogP contribution in [0.2, 0.25) is 0 Å². The number of carbonyl (C=O) groups excluding carboxylic acids is 1. The summed E-state index contributed by atoms with van der Waals surface area (Å²) in [5, 5.41) is 10.9. The number of ether oxygens (including phenoxy) is 1.